The zero-order chi connectivity index (χ0) is 58.2. The van der Waals surface area contributed by atoms with E-state index in [1.807, 2.05) is 24.7 Å². The van der Waals surface area contributed by atoms with Gasteiger partial charge in [0, 0.05) is 105 Å². The molecule has 0 amide bonds. The topological polar surface area (TPSA) is 83.1 Å². The van der Waals surface area contributed by atoms with Crippen molar-refractivity contribution >= 4 is 174 Å². The predicted octanol–water partition coefficient (Wildman–Crippen LogP) is 20.3. The average molecular weight is 1140 g/mol. The van der Waals surface area contributed by atoms with Gasteiger partial charge in [-0.1, -0.05) is 152 Å². The van der Waals surface area contributed by atoms with Crippen LogP contribution in [0, 0.1) is 0 Å². The Morgan fingerprint density at radius 2 is 0.856 bits per heavy atom. The van der Waals surface area contributed by atoms with Gasteiger partial charge in [0.2, 0.25) is 5.95 Å². The van der Waals surface area contributed by atoms with Crippen molar-refractivity contribution in [3.05, 3.63) is 261 Å². The molecule has 9 heteroatoms. The zero-order valence-electron chi connectivity index (χ0n) is 47.9. The third-order valence-corrected chi connectivity index (χ3v) is 19.9. The van der Waals surface area contributed by atoms with E-state index in [4.69, 9.17) is 19.9 Å². The first-order chi connectivity index (χ1) is 44.7. The van der Waals surface area contributed by atoms with Crippen molar-refractivity contribution in [3.8, 4) is 34.2 Å². The Morgan fingerprint density at radius 3 is 1.56 bits per heavy atom. The Bertz CT molecular complexity index is 6970. The second-order valence-corrected chi connectivity index (χ2v) is 24.3. The van der Waals surface area contributed by atoms with E-state index >= 15 is 0 Å². The van der Waals surface area contributed by atoms with Crippen LogP contribution in [-0.4, -0.2) is 42.9 Å². The summed E-state index contributed by atoms with van der Waals surface area (Å²) in [7, 11) is 0. The maximum absolute atomic E-state index is 5.73. The van der Waals surface area contributed by atoms with E-state index < -0.39 is 0 Å². The number of hydrogen-bond acceptors (Lipinski definition) is 5. The fraction of sp³-hybridized carbons (Fsp3) is 0. The molecule has 0 fully saturated rings. The van der Waals surface area contributed by atoms with Gasteiger partial charge in [0.15, 0.2) is 0 Å². The molecule has 0 atom stereocenters. The van der Waals surface area contributed by atoms with Crippen LogP contribution in [0.15, 0.2) is 261 Å². The Labute approximate surface area is 509 Å². The van der Waals surface area contributed by atoms with Crippen molar-refractivity contribution in [2.24, 2.45) is 0 Å². The summed E-state index contributed by atoms with van der Waals surface area (Å²) in [6.07, 6.45) is 5.66. The lowest BCUT2D eigenvalue weighted by atomic mass is 9.95. The van der Waals surface area contributed by atoms with Crippen LogP contribution in [0.1, 0.15) is 0 Å². The Hall–Kier alpha value is -12.3. The number of hydrogen-bond donors (Lipinski definition) is 0. The SMILES string of the molecule is c1cncc(-c2nc(-n3c4ccc5cc(-c6ccnc7c6ccc6ccc(-n8c9ccc%10ccccc%10c9c9c%10c%11ccccc%11n%11c%12ccccc%12c(cc98)c%10%11)nc67)ccc5c4c4c5c6ccccc6n6c7ccccc7c(cc43)c56)nc3ccccc23)c1. The molecule has 9 nitrogen and oxygen atoms in total. The fourth-order valence-corrected chi connectivity index (χ4v) is 16.3. The van der Waals surface area contributed by atoms with Crippen molar-refractivity contribution < 1.29 is 0 Å². The van der Waals surface area contributed by atoms with Crippen molar-refractivity contribution in [1.29, 1.82) is 0 Å². The molecule has 22 aromatic rings. The highest BCUT2D eigenvalue weighted by atomic mass is 15.2. The number of pyridine rings is 3. The number of aromatic nitrogens is 9. The van der Waals surface area contributed by atoms with Gasteiger partial charge in [0.05, 0.1) is 77.4 Å². The van der Waals surface area contributed by atoms with Crippen LogP contribution in [0.4, 0.5) is 0 Å². The lowest BCUT2D eigenvalue weighted by Gasteiger charge is -2.13. The minimum absolute atomic E-state index is 0.606. The summed E-state index contributed by atoms with van der Waals surface area (Å²) in [6.45, 7) is 0. The van der Waals surface area contributed by atoms with Crippen LogP contribution >= 0.6 is 0 Å². The van der Waals surface area contributed by atoms with Crippen LogP contribution in [-0.2, 0) is 0 Å². The molecule has 0 saturated heterocycles. The van der Waals surface area contributed by atoms with Gasteiger partial charge in [-0.15, -0.1) is 0 Å². The number of rotatable bonds is 4. The minimum atomic E-state index is 0.606. The van der Waals surface area contributed by atoms with E-state index in [2.05, 4.69) is 260 Å². The second-order valence-electron chi connectivity index (χ2n) is 24.3. The monoisotopic (exact) mass is 1140 g/mol. The predicted molar refractivity (Wildman–Crippen MR) is 372 cm³/mol. The van der Waals surface area contributed by atoms with Gasteiger partial charge in [-0.2, -0.15) is 0 Å². The summed E-state index contributed by atoms with van der Waals surface area (Å²) in [5.74, 6) is 1.45. The summed E-state index contributed by atoms with van der Waals surface area (Å²) in [4.78, 5) is 26.5. The van der Waals surface area contributed by atoms with Gasteiger partial charge >= 0.3 is 0 Å². The first-order valence-electron chi connectivity index (χ1n) is 30.6. The summed E-state index contributed by atoms with van der Waals surface area (Å²) < 4.78 is 9.67. The molecule has 0 bridgehead atoms. The average Bonchev–Trinajstić information content (AvgIpc) is 1.52. The molecule has 0 saturated carbocycles. The molecule has 0 unspecified atom stereocenters. The van der Waals surface area contributed by atoms with Crippen molar-refractivity contribution in [2.45, 2.75) is 0 Å². The van der Waals surface area contributed by atoms with Crippen LogP contribution in [0.3, 0.4) is 0 Å². The summed E-state index contributed by atoms with van der Waals surface area (Å²) in [5.41, 5.74) is 18.2. The van der Waals surface area contributed by atoms with E-state index in [0.29, 0.717) is 5.95 Å². The number of nitrogens with zero attached hydrogens (tertiary/aromatic N) is 9. The standard InChI is InChI=1S/C81H43N9/c1-2-16-50-44(14-1)29-34-65-70(50)74-67(41-58-52-17-4-9-23-61(52)88-63-25-11-6-20-56(63)72(74)79(58)88)87(65)69-36-31-45-27-33-54-49(37-39-83-78(54)77(45)85-69)46-28-32-51-47(40-46)30-35-66-71(51)75-68(90(66)81-84-60-22-8-3-19-55(60)76(86-81)48-15-13-38-82-43-48)42-59-53-18-5-10-24-62(53)89-64-26-12-7-21-57(64)73(75)80(59)89/h1-43H. The molecule has 412 valence electrons. The molecule has 10 heterocycles. The molecule has 0 spiro atoms. The third kappa shape index (κ3) is 5.84. The molecule has 0 radical (unpaired) electrons. The molecular weight excluding hydrogens is 1100 g/mol. The maximum atomic E-state index is 5.73. The van der Waals surface area contributed by atoms with E-state index in [1.54, 1.807) is 0 Å². The summed E-state index contributed by atoms with van der Waals surface area (Å²) in [6, 6.07) is 88.6. The Morgan fingerprint density at radius 1 is 0.289 bits per heavy atom. The molecule has 22 rings (SSSR count). The third-order valence-electron chi connectivity index (χ3n) is 19.9. The van der Waals surface area contributed by atoms with Gasteiger partial charge < -0.3 is 8.80 Å². The highest BCUT2D eigenvalue weighted by Gasteiger charge is 2.29. The second kappa shape index (κ2) is 16.8. The fourth-order valence-electron chi connectivity index (χ4n) is 16.3. The lowest BCUT2D eigenvalue weighted by molar-refractivity contribution is 1.01. The highest BCUT2D eigenvalue weighted by molar-refractivity contribution is 6.40. The maximum Gasteiger partial charge on any atom is 0.235 e. The molecule has 0 aliphatic heterocycles. The first-order valence-corrected chi connectivity index (χ1v) is 30.6. The van der Waals surface area contributed by atoms with Crippen molar-refractivity contribution in [3.63, 3.8) is 0 Å². The van der Waals surface area contributed by atoms with E-state index in [0.717, 1.165) is 99.1 Å². The van der Waals surface area contributed by atoms with Crippen LogP contribution < -0.4 is 0 Å². The number of benzene rings is 12. The van der Waals surface area contributed by atoms with Gasteiger partial charge in [-0.3, -0.25) is 19.1 Å². The summed E-state index contributed by atoms with van der Waals surface area (Å²) >= 11 is 0. The van der Waals surface area contributed by atoms with E-state index in [1.165, 1.54) is 103 Å². The molecule has 12 aromatic carbocycles. The normalized spacial score (nSPS) is 12.7. The van der Waals surface area contributed by atoms with Crippen LogP contribution in [0.5, 0.6) is 0 Å². The van der Waals surface area contributed by atoms with Gasteiger partial charge in [-0.05, 0) is 124 Å². The molecular formula is C81H43N9. The van der Waals surface area contributed by atoms with Crippen molar-refractivity contribution in [2.75, 3.05) is 0 Å². The number of para-hydroxylation sites is 5. The largest absolute Gasteiger partial charge is 0.308 e. The molecule has 0 aliphatic rings. The minimum Gasteiger partial charge on any atom is -0.308 e. The number of fused-ring (bicyclic) bond motifs is 28. The van der Waals surface area contributed by atoms with Crippen molar-refractivity contribution in [1.82, 2.24) is 42.9 Å². The molecule has 0 aliphatic carbocycles. The summed E-state index contributed by atoms with van der Waals surface area (Å²) in [5, 5.41) is 22.4. The first kappa shape index (κ1) is 46.9. The quantitative estimate of drug-likeness (QED) is 0.164. The molecule has 0 N–H and O–H groups in total. The zero-order valence-corrected chi connectivity index (χ0v) is 47.9. The molecule has 90 heavy (non-hydrogen) atoms. The van der Waals surface area contributed by atoms with Gasteiger partial charge in [0.25, 0.3) is 0 Å². The molecule has 10 aromatic heterocycles. The highest BCUT2D eigenvalue weighted by Crippen LogP contribution is 2.51. The lowest BCUT2D eigenvalue weighted by Crippen LogP contribution is -2.03. The Kier molecular flexibility index (Phi) is 8.75. The van der Waals surface area contributed by atoms with E-state index in [9.17, 15) is 0 Å². The smallest absolute Gasteiger partial charge is 0.235 e. The van der Waals surface area contributed by atoms with Gasteiger partial charge in [-0.25, -0.2) is 15.0 Å². The van der Waals surface area contributed by atoms with Gasteiger partial charge in [0.1, 0.15) is 5.82 Å². The van der Waals surface area contributed by atoms with Crippen LogP contribution in [0.25, 0.3) is 208 Å². The van der Waals surface area contributed by atoms with E-state index in [-0.39, 0.29) is 0 Å². The Balaban J connectivity index is 0.783. The van der Waals surface area contributed by atoms with Crippen LogP contribution in [0.2, 0.25) is 0 Å².